The third kappa shape index (κ3) is 2.60. The summed E-state index contributed by atoms with van der Waals surface area (Å²) >= 11 is 0. The van der Waals surface area contributed by atoms with Gasteiger partial charge in [-0.15, -0.1) is 0 Å². The van der Waals surface area contributed by atoms with Crippen LogP contribution in [0.1, 0.15) is 12.0 Å². The van der Waals surface area contributed by atoms with Crippen molar-refractivity contribution in [2.75, 3.05) is 44.8 Å². The van der Waals surface area contributed by atoms with Gasteiger partial charge in [0.25, 0.3) is 0 Å². The number of para-hydroxylation sites is 1. The molecule has 0 aliphatic carbocycles. The molecule has 2 aliphatic rings. The first-order chi connectivity index (χ1) is 8.93. The maximum atomic E-state index is 5.81. The molecule has 1 fully saturated rings. The van der Waals surface area contributed by atoms with Crippen molar-refractivity contribution >= 4 is 5.69 Å². The highest BCUT2D eigenvalue weighted by Crippen LogP contribution is 2.32. The lowest BCUT2D eigenvalue weighted by Crippen LogP contribution is -2.27. The lowest BCUT2D eigenvalue weighted by atomic mass is 10.1. The fourth-order valence-electron chi connectivity index (χ4n) is 2.55. The lowest BCUT2D eigenvalue weighted by Gasteiger charge is -2.25. The van der Waals surface area contributed by atoms with Gasteiger partial charge in [-0.05, 0) is 12.5 Å². The summed E-state index contributed by atoms with van der Waals surface area (Å²) in [6.45, 7) is 6.46. The van der Waals surface area contributed by atoms with Crippen LogP contribution in [0.4, 0.5) is 5.69 Å². The van der Waals surface area contributed by atoms with Crippen LogP contribution in [0.2, 0.25) is 0 Å². The Labute approximate surface area is 108 Å². The van der Waals surface area contributed by atoms with Crippen molar-refractivity contribution in [2.45, 2.75) is 13.0 Å². The number of hydrogen-bond acceptors (Lipinski definition) is 4. The molecule has 18 heavy (non-hydrogen) atoms. The van der Waals surface area contributed by atoms with Crippen LogP contribution in [-0.2, 0) is 11.3 Å². The van der Waals surface area contributed by atoms with Gasteiger partial charge >= 0.3 is 0 Å². The maximum Gasteiger partial charge on any atom is 0.146 e. The second-order valence-electron chi connectivity index (χ2n) is 4.81. The smallest absolute Gasteiger partial charge is 0.146 e. The molecule has 1 aromatic carbocycles. The third-order valence-corrected chi connectivity index (χ3v) is 3.47. The van der Waals surface area contributed by atoms with E-state index in [0.717, 1.165) is 63.9 Å². The first-order valence-electron chi connectivity index (χ1n) is 6.72. The second-order valence-corrected chi connectivity index (χ2v) is 4.81. The molecular formula is C14H20N2O2. The zero-order chi connectivity index (χ0) is 12.2. The van der Waals surface area contributed by atoms with Crippen LogP contribution in [0, 0.1) is 0 Å². The van der Waals surface area contributed by atoms with E-state index >= 15 is 0 Å². The molecule has 1 aromatic rings. The third-order valence-electron chi connectivity index (χ3n) is 3.47. The Morgan fingerprint density at radius 1 is 1.17 bits per heavy atom. The second kappa shape index (κ2) is 5.59. The number of hydrogen-bond donors (Lipinski definition) is 1. The summed E-state index contributed by atoms with van der Waals surface area (Å²) in [5.74, 6) is 1.04. The molecule has 2 aliphatic heterocycles. The van der Waals surface area contributed by atoms with E-state index in [9.17, 15) is 0 Å². The minimum absolute atomic E-state index is 0.757. The highest BCUT2D eigenvalue weighted by molar-refractivity contribution is 5.61. The van der Waals surface area contributed by atoms with E-state index in [-0.39, 0.29) is 0 Å². The molecule has 1 N–H and O–H groups in total. The van der Waals surface area contributed by atoms with Gasteiger partial charge in [-0.2, -0.15) is 0 Å². The van der Waals surface area contributed by atoms with Crippen LogP contribution in [0.25, 0.3) is 0 Å². The zero-order valence-electron chi connectivity index (χ0n) is 10.7. The van der Waals surface area contributed by atoms with Crippen LogP contribution >= 0.6 is 0 Å². The normalized spacial score (nSPS) is 20.4. The van der Waals surface area contributed by atoms with Crippen molar-refractivity contribution in [1.29, 1.82) is 0 Å². The molecular weight excluding hydrogens is 228 g/mol. The minimum Gasteiger partial charge on any atom is -0.489 e. The minimum atomic E-state index is 0.757. The van der Waals surface area contributed by atoms with Crippen LogP contribution in [0.5, 0.6) is 5.75 Å². The zero-order valence-corrected chi connectivity index (χ0v) is 10.7. The topological polar surface area (TPSA) is 33.7 Å². The van der Waals surface area contributed by atoms with Crippen molar-refractivity contribution in [3.8, 4) is 5.75 Å². The molecule has 0 radical (unpaired) electrons. The number of rotatable bonds is 2. The molecule has 4 nitrogen and oxygen atoms in total. The van der Waals surface area contributed by atoms with Crippen molar-refractivity contribution in [3.05, 3.63) is 23.8 Å². The fraction of sp³-hybridized carbons (Fsp3) is 0.571. The van der Waals surface area contributed by atoms with Gasteiger partial charge in [-0.25, -0.2) is 0 Å². The van der Waals surface area contributed by atoms with E-state index in [1.54, 1.807) is 0 Å². The summed E-state index contributed by atoms with van der Waals surface area (Å²) in [4.78, 5) is 2.45. The SMILES string of the molecule is c1cc(CN2CCCOCC2)c2c(c1)NCCO2. The van der Waals surface area contributed by atoms with Crippen LogP contribution in [0.3, 0.4) is 0 Å². The van der Waals surface area contributed by atoms with Gasteiger partial charge in [0.05, 0.1) is 12.3 Å². The van der Waals surface area contributed by atoms with Gasteiger partial charge in [-0.1, -0.05) is 12.1 Å². The van der Waals surface area contributed by atoms with E-state index in [2.05, 4.69) is 28.4 Å². The van der Waals surface area contributed by atoms with E-state index in [1.807, 2.05) is 0 Å². The Morgan fingerprint density at radius 3 is 3.17 bits per heavy atom. The predicted octanol–water partition coefficient (Wildman–Crippen LogP) is 1.71. The quantitative estimate of drug-likeness (QED) is 0.864. The molecule has 2 heterocycles. The Balaban J connectivity index is 1.75. The highest BCUT2D eigenvalue weighted by atomic mass is 16.5. The summed E-state index contributed by atoms with van der Waals surface area (Å²) in [7, 11) is 0. The van der Waals surface area contributed by atoms with Gasteiger partial charge in [0.1, 0.15) is 12.4 Å². The number of ether oxygens (including phenoxy) is 2. The summed E-state index contributed by atoms with van der Waals surface area (Å²) in [6.07, 6.45) is 1.12. The Hall–Kier alpha value is -1.26. The van der Waals surface area contributed by atoms with Gasteiger partial charge in [-0.3, -0.25) is 4.90 Å². The molecule has 0 spiro atoms. The van der Waals surface area contributed by atoms with Crippen molar-refractivity contribution in [3.63, 3.8) is 0 Å². The number of fused-ring (bicyclic) bond motifs is 1. The average Bonchev–Trinajstić information content (AvgIpc) is 2.68. The largest absolute Gasteiger partial charge is 0.489 e. The number of nitrogens with zero attached hydrogens (tertiary/aromatic N) is 1. The van der Waals surface area contributed by atoms with E-state index < -0.39 is 0 Å². The molecule has 0 unspecified atom stereocenters. The number of benzene rings is 1. The monoisotopic (exact) mass is 248 g/mol. The Bertz CT molecular complexity index is 401. The number of nitrogens with one attached hydrogen (secondary N) is 1. The van der Waals surface area contributed by atoms with Gasteiger partial charge in [0.2, 0.25) is 0 Å². The molecule has 4 heteroatoms. The summed E-state index contributed by atoms with van der Waals surface area (Å²) in [5.41, 5.74) is 2.41. The molecule has 1 saturated heterocycles. The number of anilines is 1. The Kier molecular flexibility index (Phi) is 3.67. The first-order valence-corrected chi connectivity index (χ1v) is 6.72. The standard InChI is InChI=1S/C14H20N2O2/c1-3-12(11-16-6-2-8-17-10-7-16)14-13(4-1)15-5-9-18-14/h1,3-4,15H,2,5-11H2. The molecule has 0 saturated carbocycles. The summed E-state index contributed by atoms with van der Waals surface area (Å²) in [6, 6.07) is 6.35. The van der Waals surface area contributed by atoms with E-state index in [1.165, 1.54) is 5.56 Å². The molecule has 0 bridgehead atoms. The van der Waals surface area contributed by atoms with E-state index in [0.29, 0.717) is 0 Å². The molecule has 0 atom stereocenters. The van der Waals surface area contributed by atoms with E-state index in [4.69, 9.17) is 9.47 Å². The van der Waals surface area contributed by atoms with Crippen LogP contribution < -0.4 is 10.1 Å². The maximum absolute atomic E-state index is 5.81. The average molecular weight is 248 g/mol. The first kappa shape index (κ1) is 11.8. The predicted molar refractivity (Wildman–Crippen MR) is 71.1 cm³/mol. The summed E-state index contributed by atoms with van der Waals surface area (Å²) < 4.78 is 11.3. The van der Waals surface area contributed by atoms with Crippen molar-refractivity contribution in [1.82, 2.24) is 4.90 Å². The molecule has 3 rings (SSSR count). The van der Waals surface area contributed by atoms with Crippen molar-refractivity contribution in [2.24, 2.45) is 0 Å². The van der Waals surface area contributed by atoms with Gasteiger partial charge in [0.15, 0.2) is 0 Å². The van der Waals surface area contributed by atoms with Crippen molar-refractivity contribution < 1.29 is 9.47 Å². The molecule has 98 valence electrons. The fourth-order valence-corrected chi connectivity index (χ4v) is 2.55. The van der Waals surface area contributed by atoms with Crippen LogP contribution in [-0.4, -0.2) is 44.4 Å². The lowest BCUT2D eigenvalue weighted by molar-refractivity contribution is 0.140. The molecule has 0 aromatic heterocycles. The van der Waals surface area contributed by atoms with Crippen LogP contribution in [0.15, 0.2) is 18.2 Å². The Morgan fingerprint density at radius 2 is 2.17 bits per heavy atom. The van der Waals surface area contributed by atoms with Gasteiger partial charge < -0.3 is 14.8 Å². The van der Waals surface area contributed by atoms with Gasteiger partial charge in [0, 0.05) is 38.3 Å². The highest BCUT2D eigenvalue weighted by Gasteiger charge is 2.17. The molecule has 0 amide bonds. The summed E-state index contributed by atoms with van der Waals surface area (Å²) in [5, 5.41) is 3.38.